The first kappa shape index (κ1) is 12.0. The Hall–Kier alpha value is -2.11. The fraction of sp³-hybridized carbons (Fsp3) is 0.143. The van der Waals surface area contributed by atoms with Crippen molar-refractivity contribution in [3.8, 4) is 0 Å². The van der Waals surface area contributed by atoms with Gasteiger partial charge in [-0.1, -0.05) is 12.1 Å². The van der Waals surface area contributed by atoms with Crippen LogP contribution in [0.25, 0.3) is 11.0 Å². The van der Waals surface area contributed by atoms with Gasteiger partial charge in [-0.15, -0.1) is 0 Å². The van der Waals surface area contributed by atoms with Crippen LogP contribution in [0, 0.1) is 12.7 Å². The van der Waals surface area contributed by atoms with Crippen LogP contribution >= 0.6 is 0 Å². The molecule has 19 heavy (non-hydrogen) atoms. The lowest BCUT2D eigenvalue weighted by Crippen LogP contribution is -2.28. The lowest BCUT2D eigenvalue weighted by atomic mass is 10.1. The Balaban J connectivity index is 2.09. The number of para-hydroxylation sites is 1. The molecule has 1 aromatic carbocycles. The van der Waals surface area contributed by atoms with E-state index in [0.29, 0.717) is 11.1 Å². The highest BCUT2D eigenvalue weighted by Gasteiger charge is 2.20. The van der Waals surface area contributed by atoms with Gasteiger partial charge in [0.1, 0.15) is 17.6 Å². The van der Waals surface area contributed by atoms with E-state index in [1.165, 1.54) is 6.07 Å². The summed E-state index contributed by atoms with van der Waals surface area (Å²) in [6, 6.07) is 8.05. The largest absolute Gasteiger partial charge is 0.469 e. The molecule has 0 bridgehead atoms. The zero-order valence-corrected chi connectivity index (χ0v) is 10.3. The van der Waals surface area contributed by atoms with Crippen molar-refractivity contribution in [2.45, 2.75) is 13.0 Å². The molecule has 2 heterocycles. The zero-order valence-electron chi connectivity index (χ0n) is 10.3. The van der Waals surface area contributed by atoms with Gasteiger partial charge in [-0.05, 0) is 25.1 Å². The maximum absolute atomic E-state index is 13.6. The SMILES string of the molecule is Cc1cc(C(NN)c2cc3cccc(F)c3o2)co1. The molecule has 2 aromatic heterocycles. The summed E-state index contributed by atoms with van der Waals surface area (Å²) in [7, 11) is 0. The van der Waals surface area contributed by atoms with Gasteiger partial charge in [0.25, 0.3) is 0 Å². The van der Waals surface area contributed by atoms with Gasteiger partial charge in [0.2, 0.25) is 0 Å². The number of halogens is 1. The molecule has 0 aliphatic carbocycles. The summed E-state index contributed by atoms with van der Waals surface area (Å²) < 4.78 is 24.4. The second kappa shape index (κ2) is 4.53. The molecule has 0 saturated heterocycles. The monoisotopic (exact) mass is 260 g/mol. The van der Waals surface area contributed by atoms with E-state index in [-0.39, 0.29) is 17.4 Å². The number of furan rings is 2. The van der Waals surface area contributed by atoms with Crippen LogP contribution in [0.2, 0.25) is 0 Å². The summed E-state index contributed by atoms with van der Waals surface area (Å²) in [5.74, 6) is 6.49. The quantitative estimate of drug-likeness (QED) is 0.561. The molecule has 3 aromatic rings. The van der Waals surface area contributed by atoms with Gasteiger partial charge in [-0.2, -0.15) is 0 Å². The fourth-order valence-electron chi connectivity index (χ4n) is 2.15. The lowest BCUT2D eigenvalue weighted by Gasteiger charge is -2.10. The first-order valence-corrected chi connectivity index (χ1v) is 5.88. The predicted octanol–water partition coefficient (Wildman–Crippen LogP) is 3.03. The Kier molecular flexibility index (Phi) is 2.85. The topological polar surface area (TPSA) is 64.3 Å². The van der Waals surface area contributed by atoms with Crippen LogP contribution in [0.15, 0.2) is 45.4 Å². The summed E-state index contributed by atoms with van der Waals surface area (Å²) in [6.07, 6.45) is 1.60. The fourth-order valence-corrected chi connectivity index (χ4v) is 2.15. The van der Waals surface area contributed by atoms with Crippen LogP contribution in [0.3, 0.4) is 0 Å². The second-order valence-electron chi connectivity index (χ2n) is 4.40. The Bertz CT molecular complexity index is 717. The molecule has 0 amide bonds. The summed E-state index contributed by atoms with van der Waals surface area (Å²) in [4.78, 5) is 0. The maximum atomic E-state index is 13.6. The highest BCUT2D eigenvalue weighted by molar-refractivity contribution is 5.78. The molecule has 4 nitrogen and oxygen atoms in total. The number of hydrazine groups is 1. The minimum atomic E-state index is -0.386. The molecule has 0 radical (unpaired) electrons. The van der Waals surface area contributed by atoms with Crippen LogP contribution in [-0.4, -0.2) is 0 Å². The normalized spacial score (nSPS) is 13.0. The van der Waals surface area contributed by atoms with E-state index in [2.05, 4.69) is 5.43 Å². The highest BCUT2D eigenvalue weighted by atomic mass is 19.1. The van der Waals surface area contributed by atoms with Crippen LogP contribution in [0.5, 0.6) is 0 Å². The number of nitrogens with one attached hydrogen (secondary N) is 1. The second-order valence-corrected chi connectivity index (χ2v) is 4.40. The van der Waals surface area contributed by atoms with Gasteiger partial charge < -0.3 is 8.83 Å². The highest BCUT2D eigenvalue weighted by Crippen LogP contribution is 2.29. The molecule has 0 fully saturated rings. The molecular weight excluding hydrogens is 247 g/mol. The average molecular weight is 260 g/mol. The average Bonchev–Trinajstić information content (AvgIpc) is 2.98. The van der Waals surface area contributed by atoms with Crippen molar-refractivity contribution in [3.63, 3.8) is 0 Å². The lowest BCUT2D eigenvalue weighted by molar-refractivity contribution is 0.460. The molecule has 0 aliphatic rings. The van der Waals surface area contributed by atoms with E-state index in [9.17, 15) is 4.39 Å². The molecule has 3 N–H and O–H groups in total. The van der Waals surface area contributed by atoms with Crippen LogP contribution in [0.1, 0.15) is 23.1 Å². The number of fused-ring (bicyclic) bond motifs is 1. The molecule has 5 heteroatoms. The van der Waals surface area contributed by atoms with Crippen molar-refractivity contribution in [2.24, 2.45) is 5.84 Å². The van der Waals surface area contributed by atoms with E-state index >= 15 is 0 Å². The van der Waals surface area contributed by atoms with Crippen LogP contribution < -0.4 is 11.3 Å². The van der Waals surface area contributed by atoms with Crippen molar-refractivity contribution in [3.05, 3.63) is 59.5 Å². The minimum absolute atomic E-state index is 0.234. The first-order chi connectivity index (χ1) is 9.19. The van der Waals surface area contributed by atoms with E-state index in [1.54, 1.807) is 24.5 Å². The molecule has 1 atom stereocenters. The Morgan fingerprint density at radius 1 is 1.32 bits per heavy atom. The van der Waals surface area contributed by atoms with Gasteiger partial charge >= 0.3 is 0 Å². The summed E-state index contributed by atoms with van der Waals surface area (Å²) in [6.45, 7) is 1.84. The van der Waals surface area contributed by atoms with Crippen molar-refractivity contribution >= 4 is 11.0 Å². The molecule has 0 saturated carbocycles. The van der Waals surface area contributed by atoms with Crippen molar-refractivity contribution in [2.75, 3.05) is 0 Å². The Morgan fingerprint density at radius 3 is 2.79 bits per heavy atom. The van der Waals surface area contributed by atoms with Gasteiger partial charge in [-0.3, -0.25) is 5.84 Å². The van der Waals surface area contributed by atoms with Crippen molar-refractivity contribution in [1.29, 1.82) is 0 Å². The van der Waals surface area contributed by atoms with Crippen LogP contribution in [-0.2, 0) is 0 Å². The van der Waals surface area contributed by atoms with Gasteiger partial charge in [0.05, 0.1) is 6.26 Å². The number of rotatable bonds is 3. The summed E-state index contributed by atoms with van der Waals surface area (Å²) in [5, 5.41) is 0.704. The third kappa shape index (κ3) is 2.03. The molecular formula is C14H13FN2O2. The summed E-state index contributed by atoms with van der Waals surface area (Å²) >= 11 is 0. The molecule has 3 rings (SSSR count). The van der Waals surface area contributed by atoms with E-state index < -0.39 is 0 Å². The Labute approximate surface area is 109 Å². The number of aryl methyl sites for hydroxylation is 1. The standard InChI is InChI=1S/C14H13FN2O2/c1-8-5-10(7-18-8)13(17-16)12-6-9-3-2-4-11(15)14(9)19-12/h2-7,13,17H,16H2,1H3. The van der Waals surface area contributed by atoms with Crippen LogP contribution in [0.4, 0.5) is 4.39 Å². The molecule has 0 aliphatic heterocycles. The third-order valence-corrected chi connectivity index (χ3v) is 3.05. The third-order valence-electron chi connectivity index (χ3n) is 3.05. The number of nitrogens with two attached hydrogens (primary N) is 1. The molecule has 1 unspecified atom stereocenters. The Morgan fingerprint density at radius 2 is 2.16 bits per heavy atom. The molecule has 98 valence electrons. The van der Waals surface area contributed by atoms with E-state index in [0.717, 1.165) is 11.3 Å². The van der Waals surface area contributed by atoms with Gasteiger partial charge in [-0.25, -0.2) is 9.82 Å². The van der Waals surface area contributed by atoms with Gasteiger partial charge in [0.15, 0.2) is 11.4 Å². The van der Waals surface area contributed by atoms with Gasteiger partial charge in [0, 0.05) is 10.9 Å². The maximum Gasteiger partial charge on any atom is 0.169 e. The predicted molar refractivity (Wildman–Crippen MR) is 68.8 cm³/mol. The van der Waals surface area contributed by atoms with Crippen molar-refractivity contribution in [1.82, 2.24) is 5.43 Å². The zero-order chi connectivity index (χ0) is 13.4. The van der Waals surface area contributed by atoms with E-state index in [4.69, 9.17) is 14.7 Å². The number of benzene rings is 1. The van der Waals surface area contributed by atoms with Crippen molar-refractivity contribution < 1.29 is 13.2 Å². The summed E-state index contributed by atoms with van der Waals surface area (Å²) in [5.41, 5.74) is 3.72. The number of hydrogen-bond donors (Lipinski definition) is 2. The number of hydrogen-bond acceptors (Lipinski definition) is 4. The minimum Gasteiger partial charge on any atom is -0.469 e. The van der Waals surface area contributed by atoms with E-state index in [1.807, 2.05) is 13.0 Å². The smallest absolute Gasteiger partial charge is 0.169 e. The molecule has 0 spiro atoms. The first-order valence-electron chi connectivity index (χ1n) is 5.88.